The average Bonchev–Trinajstić information content (AvgIpc) is 3.68. The van der Waals surface area contributed by atoms with E-state index >= 15 is 0 Å². The van der Waals surface area contributed by atoms with E-state index in [9.17, 15) is 14.4 Å². The van der Waals surface area contributed by atoms with E-state index in [0.29, 0.717) is 19.5 Å². The normalized spacial score (nSPS) is 34.2. The topological polar surface area (TPSA) is 107 Å². The first kappa shape index (κ1) is 27.6. The molecule has 6 atom stereocenters. The van der Waals surface area contributed by atoms with Gasteiger partial charge in [-0.15, -0.1) is 0 Å². The molecule has 1 aliphatic carbocycles. The summed E-state index contributed by atoms with van der Waals surface area (Å²) < 4.78 is 12.9. The number of piperazine rings is 1. The molecule has 0 radical (unpaired) electrons. The molecule has 10 nitrogen and oxygen atoms in total. The summed E-state index contributed by atoms with van der Waals surface area (Å²) in [6.45, 7) is 8.72. The Morgan fingerprint density at radius 2 is 2.00 bits per heavy atom. The van der Waals surface area contributed by atoms with E-state index in [-0.39, 0.29) is 23.8 Å². The molecule has 0 spiro atoms. The monoisotopic (exact) mass is 575 g/mol. The van der Waals surface area contributed by atoms with Gasteiger partial charge in [-0.2, -0.15) is 0 Å². The van der Waals surface area contributed by atoms with Crippen LogP contribution in [0.25, 0.3) is 16.5 Å². The molecule has 1 aromatic heterocycles. The summed E-state index contributed by atoms with van der Waals surface area (Å²) in [6, 6.07) is 5.24. The van der Waals surface area contributed by atoms with Gasteiger partial charge in [0.25, 0.3) is 11.8 Å². The number of benzene rings is 1. The molecular formula is C32H41N5O5. The van der Waals surface area contributed by atoms with Gasteiger partial charge in [0.15, 0.2) is 0 Å². The van der Waals surface area contributed by atoms with Crippen molar-refractivity contribution in [3.63, 3.8) is 0 Å². The minimum Gasteiger partial charge on any atom is -0.361 e. The van der Waals surface area contributed by atoms with Crippen LogP contribution >= 0.6 is 0 Å². The molecule has 1 aromatic carbocycles. The first-order chi connectivity index (χ1) is 20.0. The van der Waals surface area contributed by atoms with Gasteiger partial charge in [-0.3, -0.25) is 28.9 Å². The van der Waals surface area contributed by atoms with Crippen LogP contribution in [0.2, 0.25) is 0 Å². The smallest absolute Gasteiger partial charge is 0.281 e. The second-order valence-corrected chi connectivity index (χ2v) is 13.3. The lowest BCUT2D eigenvalue weighted by Gasteiger charge is -2.51. The first-order valence-electron chi connectivity index (χ1n) is 15.3. The van der Waals surface area contributed by atoms with Crippen molar-refractivity contribution in [3.8, 4) is 0 Å². The van der Waals surface area contributed by atoms with Crippen molar-refractivity contribution in [3.05, 3.63) is 41.6 Å². The highest BCUT2D eigenvalue weighted by Gasteiger charge is 2.73. The van der Waals surface area contributed by atoms with Gasteiger partial charge in [0.2, 0.25) is 17.5 Å². The van der Waals surface area contributed by atoms with Gasteiger partial charge in [0.05, 0.1) is 5.92 Å². The van der Waals surface area contributed by atoms with E-state index in [0.717, 1.165) is 29.5 Å². The number of carbonyl (C=O) groups is 3. The summed E-state index contributed by atoms with van der Waals surface area (Å²) in [5.41, 5.74) is 2.99. The van der Waals surface area contributed by atoms with Crippen molar-refractivity contribution in [1.82, 2.24) is 25.0 Å². The Labute approximate surface area is 246 Å². The molecule has 10 heteroatoms. The number of methoxy groups -OCH3 is 1. The Kier molecular flexibility index (Phi) is 6.18. The molecule has 224 valence electrons. The van der Waals surface area contributed by atoms with Gasteiger partial charge >= 0.3 is 0 Å². The fourth-order valence-electron chi connectivity index (χ4n) is 8.22. The van der Waals surface area contributed by atoms with Crippen LogP contribution < -0.4 is 5.32 Å². The minimum atomic E-state index is -1.67. The largest absolute Gasteiger partial charge is 0.361 e. The zero-order valence-electron chi connectivity index (χ0n) is 25.3. The predicted octanol–water partition coefficient (Wildman–Crippen LogP) is 2.69. The van der Waals surface area contributed by atoms with E-state index in [2.05, 4.69) is 46.7 Å². The summed E-state index contributed by atoms with van der Waals surface area (Å²) in [4.78, 5) is 51.4. The lowest BCUT2D eigenvalue weighted by molar-refractivity contribution is -0.335. The van der Waals surface area contributed by atoms with Crippen LogP contribution in [0.4, 0.5) is 0 Å². The summed E-state index contributed by atoms with van der Waals surface area (Å²) in [5, 5.41) is 4.31. The minimum absolute atomic E-state index is 0.0803. The van der Waals surface area contributed by atoms with Gasteiger partial charge in [0.1, 0.15) is 12.1 Å². The number of aromatic amines is 1. The Morgan fingerprint density at radius 3 is 2.71 bits per heavy atom. The number of hydrogen-bond acceptors (Lipinski definition) is 6. The number of nitrogens with one attached hydrogen (secondary N) is 2. The number of carbonyl (C=O) groups excluding carboxylic acids is 3. The summed E-state index contributed by atoms with van der Waals surface area (Å²) in [6.07, 6.45) is 6.51. The molecule has 0 bridgehead atoms. The van der Waals surface area contributed by atoms with Crippen molar-refractivity contribution in [1.29, 1.82) is 0 Å². The number of nitrogens with zero attached hydrogens (tertiary/aromatic N) is 3. The van der Waals surface area contributed by atoms with Crippen LogP contribution in [0.3, 0.4) is 0 Å². The fourth-order valence-corrected chi connectivity index (χ4v) is 8.22. The molecule has 2 aromatic rings. The fraction of sp³-hybridized carbons (Fsp3) is 0.594. The third-order valence-electron chi connectivity index (χ3n) is 10.3. The highest BCUT2D eigenvalue weighted by molar-refractivity contribution is 6.01. The van der Waals surface area contributed by atoms with Crippen LogP contribution in [0, 0.1) is 17.8 Å². The lowest BCUT2D eigenvalue weighted by atomic mass is 9.79. The molecule has 4 aliphatic heterocycles. The first-order valence-corrected chi connectivity index (χ1v) is 15.3. The van der Waals surface area contributed by atoms with Crippen molar-refractivity contribution in [2.45, 2.75) is 76.7 Å². The Bertz CT molecular complexity index is 1510. The maximum atomic E-state index is 14.6. The SMILES string of the molecule is COC12O[C@](NC(=O)[C@H]3C=C4c5cccc6[nH]cc(c56)CC4N(C)C3)(C(C)C)C(=O)N1C(C(C)C)C(=O)N1CCC[C@H]12. The zero-order valence-corrected chi connectivity index (χ0v) is 25.3. The summed E-state index contributed by atoms with van der Waals surface area (Å²) in [7, 11) is 3.58. The van der Waals surface area contributed by atoms with Gasteiger partial charge in [0, 0.05) is 49.3 Å². The second-order valence-electron chi connectivity index (χ2n) is 13.3. The van der Waals surface area contributed by atoms with Crippen molar-refractivity contribution >= 4 is 34.2 Å². The molecule has 5 heterocycles. The maximum absolute atomic E-state index is 14.6. The summed E-state index contributed by atoms with van der Waals surface area (Å²) in [5.74, 6) is -3.32. The lowest BCUT2D eigenvalue weighted by Crippen LogP contribution is -2.72. The molecule has 0 saturated carbocycles. The van der Waals surface area contributed by atoms with E-state index in [1.807, 2.05) is 38.7 Å². The van der Waals surface area contributed by atoms with Crippen molar-refractivity contribution in [2.24, 2.45) is 17.8 Å². The van der Waals surface area contributed by atoms with Crippen LogP contribution in [0.5, 0.6) is 0 Å². The van der Waals surface area contributed by atoms with Gasteiger partial charge in [-0.05, 0) is 55.0 Å². The van der Waals surface area contributed by atoms with Gasteiger partial charge < -0.3 is 19.9 Å². The van der Waals surface area contributed by atoms with Gasteiger partial charge in [-0.1, -0.05) is 45.9 Å². The zero-order chi connectivity index (χ0) is 29.7. The summed E-state index contributed by atoms with van der Waals surface area (Å²) >= 11 is 0. The Balaban J connectivity index is 1.27. The Hall–Kier alpha value is -3.21. The quantitative estimate of drug-likeness (QED) is 0.568. The molecule has 3 unspecified atom stereocenters. The molecule has 7 rings (SSSR count). The predicted molar refractivity (Wildman–Crippen MR) is 157 cm³/mol. The standard InChI is InChI=1S/C32H41N5O5/c1-17(2)27-29(39)36-12-8-11-25(36)32(41-6)37(27)30(40)31(42-32,18(3)4)34-28(38)20-13-22-21-9-7-10-23-26(21)19(15-33-23)14-24(22)35(5)16-20/h7,9-10,13,15,17-18,20,24-25,27,33H,8,11-12,14,16H2,1-6H3,(H,34,38)/t20-,24?,25-,27?,31+,32?/m0/s1. The van der Waals surface area contributed by atoms with Crippen LogP contribution in [-0.2, 0) is 30.3 Å². The Morgan fingerprint density at radius 1 is 1.21 bits per heavy atom. The maximum Gasteiger partial charge on any atom is 0.281 e. The van der Waals surface area contributed by atoms with Crippen molar-refractivity contribution in [2.75, 3.05) is 27.2 Å². The third-order valence-corrected chi connectivity index (χ3v) is 10.3. The van der Waals surface area contributed by atoms with Crippen molar-refractivity contribution < 1.29 is 23.9 Å². The van der Waals surface area contributed by atoms with E-state index < -0.39 is 41.5 Å². The number of ether oxygens (including phenoxy) is 2. The highest BCUT2D eigenvalue weighted by atomic mass is 16.8. The second kappa shape index (κ2) is 9.39. The molecule has 2 N–H and O–H groups in total. The molecule has 3 amide bonds. The van der Waals surface area contributed by atoms with E-state index in [1.165, 1.54) is 23.0 Å². The number of amides is 3. The van der Waals surface area contributed by atoms with E-state index in [4.69, 9.17) is 9.47 Å². The van der Waals surface area contributed by atoms with Crippen LogP contribution in [0.15, 0.2) is 30.5 Å². The van der Waals surface area contributed by atoms with Crippen LogP contribution in [-0.4, -0.2) is 94.4 Å². The van der Waals surface area contributed by atoms with E-state index in [1.54, 1.807) is 0 Å². The average molecular weight is 576 g/mol. The number of likely N-dealkylation sites (N-methyl/N-ethyl adjacent to an activating group) is 1. The molecular weight excluding hydrogens is 534 g/mol. The molecule has 3 saturated heterocycles. The number of rotatable bonds is 5. The molecule has 42 heavy (non-hydrogen) atoms. The molecule has 3 fully saturated rings. The number of aromatic nitrogens is 1. The number of hydrogen-bond donors (Lipinski definition) is 2. The van der Waals surface area contributed by atoms with Crippen LogP contribution in [0.1, 0.15) is 51.7 Å². The number of H-pyrrole nitrogens is 1. The highest BCUT2D eigenvalue weighted by Crippen LogP contribution is 2.50. The molecule has 5 aliphatic rings. The third kappa shape index (κ3) is 3.51. The number of fused-ring (bicyclic) bond motifs is 5. The van der Waals surface area contributed by atoms with Gasteiger partial charge in [-0.25, -0.2) is 0 Å².